The van der Waals surface area contributed by atoms with Crippen LogP contribution in [0.5, 0.6) is 0 Å². The molecule has 0 aliphatic rings. The van der Waals surface area contributed by atoms with Gasteiger partial charge in [0.2, 0.25) is 0 Å². The molecular formula is C7H12N2S. The Bertz CT molecular complexity index is 205. The second-order valence-electron chi connectivity index (χ2n) is 2.54. The van der Waals surface area contributed by atoms with Crippen LogP contribution in [0.2, 0.25) is 0 Å². The normalized spacial score (nSPS) is 13.5. The van der Waals surface area contributed by atoms with Crippen LogP contribution < -0.4 is 5.73 Å². The van der Waals surface area contributed by atoms with Crippen molar-refractivity contribution in [1.82, 2.24) is 4.98 Å². The van der Waals surface area contributed by atoms with Gasteiger partial charge < -0.3 is 5.73 Å². The van der Waals surface area contributed by atoms with E-state index in [1.807, 2.05) is 19.4 Å². The zero-order valence-electron chi connectivity index (χ0n) is 6.29. The Labute approximate surface area is 65.1 Å². The van der Waals surface area contributed by atoms with Crippen LogP contribution >= 0.6 is 11.3 Å². The minimum absolute atomic E-state index is 0.249. The summed E-state index contributed by atoms with van der Waals surface area (Å²) in [4.78, 5) is 5.45. The van der Waals surface area contributed by atoms with Crippen molar-refractivity contribution >= 4 is 11.3 Å². The Hall–Kier alpha value is -0.410. The Morgan fingerprint density at radius 2 is 2.50 bits per heavy atom. The summed E-state index contributed by atoms with van der Waals surface area (Å²) in [6.07, 6.45) is 0.955. The highest BCUT2D eigenvalue weighted by molar-refractivity contribution is 7.09. The number of rotatable bonds is 2. The Kier molecular flexibility index (Phi) is 2.40. The van der Waals surface area contributed by atoms with Crippen molar-refractivity contribution in [2.24, 2.45) is 5.73 Å². The van der Waals surface area contributed by atoms with Gasteiger partial charge in [-0.3, -0.25) is 0 Å². The van der Waals surface area contributed by atoms with Gasteiger partial charge in [0.05, 0.1) is 11.2 Å². The summed E-state index contributed by atoms with van der Waals surface area (Å²) < 4.78 is 0. The molecule has 0 aliphatic carbocycles. The molecule has 0 spiro atoms. The van der Waals surface area contributed by atoms with Crippen molar-refractivity contribution in [3.63, 3.8) is 0 Å². The van der Waals surface area contributed by atoms with E-state index in [2.05, 4.69) is 4.98 Å². The molecule has 1 aromatic rings. The van der Waals surface area contributed by atoms with Gasteiger partial charge in [-0.2, -0.15) is 0 Å². The van der Waals surface area contributed by atoms with Crippen LogP contribution in [0.4, 0.5) is 0 Å². The largest absolute Gasteiger partial charge is 0.328 e. The molecule has 2 nitrogen and oxygen atoms in total. The summed E-state index contributed by atoms with van der Waals surface area (Å²) in [5.74, 6) is 0. The summed E-state index contributed by atoms with van der Waals surface area (Å²) in [5.41, 5.74) is 8.63. The molecular weight excluding hydrogens is 144 g/mol. The van der Waals surface area contributed by atoms with E-state index < -0.39 is 0 Å². The molecule has 0 aromatic carbocycles. The van der Waals surface area contributed by atoms with Gasteiger partial charge in [-0.15, -0.1) is 11.3 Å². The van der Waals surface area contributed by atoms with E-state index in [4.69, 9.17) is 5.73 Å². The molecule has 10 heavy (non-hydrogen) atoms. The van der Waals surface area contributed by atoms with Crippen molar-refractivity contribution in [1.29, 1.82) is 0 Å². The third-order valence-corrected chi connectivity index (χ3v) is 2.31. The second kappa shape index (κ2) is 3.12. The van der Waals surface area contributed by atoms with Gasteiger partial charge in [0.25, 0.3) is 0 Å². The fourth-order valence-corrected chi connectivity index (χ4v) is 1.73. The van der Waals surface area contributed by atoms with Gasteiger partial charge in [0.15, 0.2) is 0 Å². The van der Waals surface area contributed by atoms with Gasteiger partial charge in [-0.25, -0.2) is 4.98 Å². The summed E-state index contributed by atoms with van der Waals surface area (Å²) in [6.45, 7) is 4.04. The minimum atomic E-state index is 0.249. The standard InChI is InChI=1S/C7H12N2S/c1-5(8)3-7-6(2)9-4-10-7/h4-5H,3,8H2,1-2H3/t5-/m1/s1. The smallest absolute Gasteiger partial charge is 0.0797 e. The molecule has 0 unspecified atom stereocenters. The maximum Gasteiger partial charge on any atom is 0.0797 e. The zero-order chi connectivity index (χ0) is 7.56. The lowest BCUT2D eigenvalue weighted by molar-refractivity contribution is 0.742. The van der Waals surface area contributed by atoms with E-state index in [0.29, 0.717) is 0 Å². The van der Waals surface area contributed by atoms with Crippen LogP contribution in [0.25, 0.3) is 0 Å². The first-order chi connectivity index (χ1) is 4.70. The summed E-state index contributed by atoms with van der Waals surface area (Å²) in [7, 11) is 0. The Balaban J connectivity index is 2.65. The average molecular weight is 156 g/mol. The molecule has 56 valence electrons. The van der Waals surface area contributed by atoms with Gasteiger partial charge in [0, 0.05) is 10.9 Å². The molecule has 3 heteroatoms. The summed E-state index contributed by atoms with van der Waals surface area (Å²) >= 11 is 1.69. The van der Waals surface area contributed by atoms with Crippen LogP contribution in [0.15, 0.2) is 5.51 Å². The van der Waals surface area contributed by atoms with Crippen molar-refractivity contribution in [2.45, 2.75) is 26.3 Å². The monoisotopic (exact) mass is 156 g/mol. The van der Waals surface area contributed by atoms with Crippen molar-refractivity contribution in [3.8, 4) is 0 Å². The predicted octanol–water partition coefficient (Wildman–Crippen LogP) is 1.34. The van der Waals surface area contributed by atoms with Crippen LogP contribution in [-0.2, 0) is 6.42 Å². The Morgan fingerprint density at radius 3 is 2.90 bits per heavy atom. The highest BCUT2D eigenvalue weighted by Crippen LogP contribution is 2.13. The average Bonchev–Trinajstić information content (AvgIpc) is 2.15. The lowest BCUT2D eigenvalue weighted by Gasteiger charge is -2.01. The molecule has 0 aliphatic heterocycles. The molecule has 0 saturated carbocycles. The Morgan fingerprint density at radius 1 is 1.80 bits per heavy atom. The van der Waals surface area contributed by atoms with Gasteiger partial charge in [0.1, 0.15) is 0 Å². The second-order valence-corrected chi connectivity index (χ2v) is 3.48. The molecule has 0 radical (unpaired) electrons. The van der Waals surface area contributed by atoms with Crippen molar-refractivity contribution in [2.75, 3.05) is 0 Å². The number of aryl methyl sites for hydroxylation is 1. The molecule has 2 N–H and O–H groups in total. The summed E-state index contributed by atoms with van der Waals surface area (Å²) in [5, 5.41) is 0. The highest BCUT2D eigenvalue weighted by atomic mass is 32.1. The van der Waals surface area contributed by atoms with E-state index >= 15 is 0 Å². The number of thiazole rings is 1. The molecule has 0 fully saturated rings. The number of hydrogen-bond acceptors (Lipinski definition) is 3. The van der Waals surface area contributed by atoms with Crippen LogP contribution in [0.3, 0.4) is 0 Å². The van der Waals surface area contributed by atoms with E-state index in [-0.39, 0.29) is 6.04 Å². The van der Waals surface area contributed by atoms with Gasteiger partial charge in [-0.1, -0.05) is 0 Å². The van der Waals surface area contributed by atoms with Crippen LogP contribution in [-0.4, -0.2) is 11.0 Å². The number of hydrogen-bond donors (Lipinski definition) is 1. The third-order valence-electron chi connectivity index (χ3n) is 1.35. The van der Waals surface area contributed by atoms with E-state index in [1.165, 1.54) is 4.88 Å². The first kappa shape index (κ1) is 7.69. The minimum Gasteiger partial charge on any atom is -0.328 e. The van der Waals surface area contributed by atoms with Gasteiger partial charge in [-0.05, 0) is 20.3 Å². The third kappa shape index (κ3) is 1.78. The summed E-state index contributed by atoms with van der Waals surface area (Å²) in [6, 6.07) is 0.249. The lowest BCUT2D eigenvalue weighted by atomic mass is 10.2. The topological polar surface area (TPSA) is 38.9 Å². The molecule has 0 bridgehead atoms. The molecule has 1 atom stereocenters. The maximum absolute atomic E-state index is 5.63. The van der Waals surface area contributed by atoms with E-state index in [1.54, 1.807) is 11.3 Å². The van der Waals surface area contributed by atoms with Crippen LogP contribution in [0, 0.1) is 6.92 Å². The van der Waals surface area contributed by atoms with Crippen molar-refractivity contribution < 1.29 is 0 Å². The molecule has 1 rings (SSSR count). The molecule has 0 amide bonds. The van der Waals surface area contributed by atoms with Gasteiger partial charge >= 0.3 is 0 Å². The van der Waals surface area contributed by atoms with E-state index in [0.717, 1.165) is 12.1 Å². The molecule has 0 saturated heterocycles. The lowest BCUT2D eigenvalue weighted by Crippen LogP contribution is -2.17. The highest BCUT2D eigenvalue weighted by Gasteiger charge is 2.02. The number of nitrogens with zero attached hydrogens (tertiary/aromatic N) is 1. The number of aromatic nitrogens is 1. The first-order valence-electron chi connectivity index (χ1n) is 3.34. The van der Waals surface area contributed by atoms with Crippen molar-refractivity contribution in [3.05, 3.63) is 16.1 Å². The quantitative estimate of drug-likeness (QED) is 0.701. The van der Waals surface area contributed by atoms with E-state index in [9.17, 15) is 0 Å². The maximum atomic E-state index is 5.63. The SMILES string of the molecule is Cc1ncsc1C[C@@H](C)N. The molecule has 1 heterocycles. The fraction of sp³-hybridized carbons (Fsp3) is 0.571. The number of nitrogens with two attached hydrogens (primary N) is 1. The predicted molar refractivity (Wildman–Crippen MR) is 44.2 cm³/mol. The molecule has 1 aromatic heterocycles. The van der Waals surface area contributed by atoms with Crippen LogP contribution in [0.1, 0.15) is 17.5 Å². The fourth-order valence-electron chi connectivity index (χ4n) is 0.815. The first-order valence-corrected chi connectivity index (χ1v) is 4.22. The zero-order valence-corrected chi connectivity index (χ0v) is 7.11.